The Balaban J connectivity index is 1.73. The van der Waals surface area contributed by atoms with E-state index in [0.717, 1.165) is 16.8 Å². The first kappa shape index (κ1) is 15.1. The molecule has 4 rings (SSSR count). The van der Waals surface area contributed by atoms with Gasteiger partial charge in [0.2, 0.25) is 0 Å². The fraction of sp³-hybridized carbons (Fsp3) is 0.176. The summed E-state index contributed by atoms with van der Waals surface area (Å²) in [5, 5.41) is 12.4. The van der Waals surface area contributed by atoms with Crippen LogP contribution < -0.4 is 9.47 Å². The van der Waals surface area contributed by atoms with Crippen molar-refractivity contribution in [1.82, 2.24) is 29.8 Å². The number of methoxy groups -OCH3 is 1. The van der Waals surface area contributed by atoms with Crippen LogP contribution in [0.3, 0.4) is 0 Å². The summed E-state index contributed by atoms with van der Waals surface area (Å²) in [6.07, 6.45) is 3.16. The maximum Gasteiger partial charge on any atom is 0.157 e. The van der Waals surface area contributed by atoms with E-state index >= 15 is 0 Å². The van der Waals surface area contributed by atoms with Crippen LogP contribution in [0.25, 0.3) is 11.0 Å². The van der Waals surface area contributed by atoms with E-state index in [-0.39, 0.29) is 0 Å². The molecule has 2 aromatic heterocycles. The van der Waals surface area contributed by atoms with Gasteiger partial charge < -0.3 is 9.47 Å². The van der Waals surface area contributed by atoms with Crippen molar-refractivity contribution in [2.45, 2.75) is 6.54 Å². The number of aryl methyl sites for hydroxylation is 1. The number of rotatable bonds is 5. The van der Waals surface area contributed by atoms with Crippen molar-refractivity contribution in [3.05, 3.63) is 54.6 Å². The summed E-state index contributed by atoms with van der Waals surface area (Å²) in [7, 11) is 3.48. The maximum absolute atomic E-state index is 6.15. The molecule has 8 heteroatoms. The molecule has 25 heavy (non-hydrogen) atoms. The second-order valence-corrected chi connectivity index (χ2v) is 5.51. The van der Waals surface area contributed by atoms with E-state index in [0.29, 0.717) is 23.6 Å². The average molecular weight is 336 g/mol. The molecule has 2 heterocycles. The van der Waals surface area contributed by atoms with Crippen LogP contribution in [-0.2, 0) is 13.6 Å². The van der Waals surface area contributed by atoms with Crippen LogP contribution in [0, 0.1) is 0 Å². The van der Waals surface area contributed by atoms with E-state index in [1.807, 2.05) is 43.4 Å². The van der Waals surface area contributed by atoms with Crippen LogP contribution in [0.15, 0.2) is 49.1 Å². The Morgan fingerprint density at radius 2 is 2.04 bits per heavy atom. The molecule has 0 N–H and O–H groups in total. The molecule has 0 aliphatic rings. The molecule has 0 saturated heterocycles. The minimum atomic E-state index is 0.517. The third kappa shape index (κ3) is 2.89. The zero-order chi connectivity index (χ0) is 17.2. The standard InChI is InChI=1S/C17H16N6O2/c1-22-14-4-3-5-16(17(14)20-21-22)25-15-7-6-13(24-2)8-12(15)9-23-11-18-10-19-23/h3-8,10-11H,9H2,1-2H3. The zero-order valence-electron chi connectivity index (χ0n) is 13.8. The summed E-state index contributed by atoms with van der Waals surface area (Å²) in [6, 6.07) is 11.4. The first-order valence-corrected chi connectivity index (χ1v) is 7.70. The highest BCUT2D eigenvalue weighted by molar-refractivity contribution is 5.81. The number of aromatic nitrogens is 6. The van der Waals surface area contributed by atoms with Crippen LogP contribution in [0.2, 0.25) is 0 Å². The third-order valence-electron chi connectivity index (χ3n) is 3.89. The molecule has 0 amide bonds. The van der Waals surface area contributed by atoms with E-state index in [1.165, 1.54) is 6.33 Å². The lowest BCUT2D eigenvalue weighted by Gasteiger charge is -2.13. The van der Waals surface area contributed by atoms with Gasteiger partial charge in [0.1, 0.15) is 24.2 Å². The van der Waals surface area contributed by atoms with Crippen LogP contribution in [0.1, 0.15) is 5.56 Å². The first-order chi connectivity index (χ1) is 12.2. The lowest BCUT2D eigenvalue weighted by Crippen LogP contribution is -2.02. The molecule has 2 aromatic carbocycles. The normalized spacial score (nSPS) is 11.0. The Labute approximate surface area is 143 Å². The monoisotopic (exact) mass is 336 g/mol. The van der Waals surface area contributed by atoms with Gasteiger partial charge in [-0.25, -0.2) is 14.3 Å². The summed E-state index contributed by atoms with van der Waals surface area (Å²) in [5.74, 6) is 2.10. The lowest BCUT2D eigenvalue weighted by molar-refractivity contribution is 0.411. The highest BCUT2D eigenvalue weighted by Crippen LogP contribution is 2.32. The molecule has 126 valence electrons. The Morgan fingerprint density at radius 3 is 2.84 bits per heavy atom. The quantitative estimate of drug-likeness (QED) is 0.557. The second-order valence-electron chi connectivity index (χ2n) is 5.51. The number of hydrogen-bond acceptors (Lipinski definition) is 6. The van der Waals surface area contributed by atoms with Gasteiger partial charge in [-0.15, -0.1) is 5.10 Å². The van der Waals surface area contributed by atoms with E-state index in [2.05, 4.69) is 20.4 Å². The van der Waals surface area contributed by atoms with Gasteiger partial charge in [-0.05, 0) is 30.3 Å². The number of benzene rings is 2. The van der Waals surface area contributed by atoms with Crippen molar-refractivity contribution in [3.8, 4) is 17.2 Å². The van der Waals surface area contributed by atoms with Crippen LogP contribution in [0.4, 0.5) is 0 Å². The lowest BCUT2D eigenvalue weighted by atomic mass is 10.2. The molecule has 0 radical (unpaired) electrons. The van der Waals surface area contributed by atoms with Gasteiger partial charge >= 0.3 is 0 Å². The molecule has 0 fully saturated rings. The highest BCUT2D eigenvalue weighted by Gasteiger charge is 2.13. The largest absolute Gasteiger partial charge is 0.497 e. The Hall–Kier alpha value is -3.42. The van der Waals surface area contributed by atoms with Gasteiger partial charge in [0.25, 0.3) is 0 Å². The van der Waals surface area contributed by atoms with Crippen LogP contribution >= 0.6 is 0 Å². The smallest absolute Gasteiger partial charge is 0.157 e. The molecule has 0 atom stereocenters. The minimum Gasteiger partial charge on any atom is -0.497 e. The number of nitrogens with zero attached hydrogens (tertiary/aromatic N) is 6. The van der Waals surface area contributed by atoms with Crippen LogP contribution in [-0.4, -0.2) is 36.9 Å². The Bertz CT molecular complexity index is 1010. The van der Waals surface area contributed by atoms with Gasteiger partial charge in [-0.2, -0.15) is 5.10 Å². The van der Waals surface area contributed by atoms with Gasteiger partial charge in [0, 0.05) is 12.6 Å². The molecular weight excluding hydrogens is 320 g/mol. The number of fused-ring (bicyclic) bond motifs is 1. The second kappa shape index (κ2) is 6.23. The van der Waals surface area contributed by atoms with E-state index < -0.39 is 0 Å². The first-order valence-electron chi connectivity index (χ1n) is 7.70. The van der Waals surface area contributed by atoms with Gasteiger partial charge in [0.15, 0.2) is 11.3 Å². The van der Waals surface area contributed by atoms with Crippen molar-refractivity contribution < 1.29 is 9.47 Å². The predicted octanol–water partition coefficient (Wildman–Crippen LogP) is 2.41. The molecule has 0 saturated carbocycles. The van der Waals surface area contributed by atoms with Crippen molar-refractivity contribution in [2.75, 3.05) is 7.11 Å². The summed E-state index contributed by atoms with van der Waals surface area (Å²) < 4.78 is 14.9. The SMILES string of the molecule is COc1ccc(Oc2cccc3c2nnn3C)c(Cn2cncn2)c1. The van der Waals surface area contributed by atoms with Crippen LogP contribution in [0.5, 0.6) is 17.2 Å². The van der Waals surface area contributed by atoms with Gasteiger partial charge in [-0.3, -0.25) is 0 Å². The fourth-order valence-corrected chi connectivity index (χ4v) is 2.63. The van der Waals surface area contributed by atoms with E-state index in [9.17, 15) is 0 Å². The molecular formula is C17H16N6O2. The molecule has 4 aromatic rings. The summed E-state index contributed by atoms with van der Waals surface area (Å²) >= 11 is 0. The zero-order valence-corrected chi connectivity index (χ0v) is 13.8. The van der Waals surface area contributed by atoms with Gasteiger partial charge in [0.05, 0.1) is 19.2 Å². The summed E-state index contributed by atoms with van der Waals surface area (Å²) in [4.78, 5) is 3.98. The Kier molecular flexibility index (Phi) is 3.77. The van der Waals surface area contributed by atoms with E-state index in [1.54, 1.807) is 22.8 Å². The molecule has 0 bridgehead atoms. The Morgan fingerprint density at radius 1 is 1.12 bits per heavy atom. The minimum absolute atomic E-state index is 0.517. The topological polar surface area (TPSA) is 79.9 Å². The number of ether oxygens (including phenoxy) is 2. The molecule has 8 nitrogen and oxygen atoms in total. The summed E-state index contributed by atoms with van der Waals surface area (Å²) in [6.45, 7) is 0.517. The third-order valence-corrected chi connectivity index (χ3v) is 3.89. The van der Waals surface area contributed by atoms with E-state index in [4.69, 9.17) is 9.47 Å². The predicted molar refractivity (Wildman–Crippen MR) is 90.7 cm³/mol. The molecule has 0 unspecified atom stereocenters. The van der Waals surface area contributed by atoms with Crippen molar-refractivity contribution in [2.24, 2.45) is 7.05 Å². The van der Waals surface area contributed by atoms with Crippen molar-refractivity contribution in [3.63, 3.8) is 0 Å². The van der Waals surface area contributed by atoms with Crippen molar-refractivity contribution in [1.29, 1.82) is 0 Å². The molecule has 0 aliphatic carbocycles. The van der Waals surface area contributed by atoms with Gasteiger partial charge in [-0.1, -0.05) is 11.3 Å². The maximum atomic E-state index is 6.15. The molecule has 0 aliphatic heterocycles. The number of hydrogen-bond donors (Lipinski definition) is 0. The molecule has 0 spiro atoms. The fourth-order valence-electron chi connectivity index (χ4n) is 2.63. The summed E-state index contributed by atoms with van der Waals surface area (Å²) in [5.41, 5.74) is 2.54. The average Bonchev–Trinajstić information content (AvgIpc) is 3.27. The van der Waals surface area contributed by atoms with Crippen molar-refractivity contribution >= 4 is 11.0 Å². The highest BCUT2D eigenvalue weighted by atomic mass is 16.5.